The molecule has 2 heterocycles. The third-order valence-electron chi connectivity index (χ3n) is 4.48. The van der Waals surface area contributed by atoms with E-state index in [9.17, 15) is 9.18 Å². The fraction of sp³-hybridized carbons (Fsp3) is 0.368. The van der Waals surface area contributed by atoms with Crippen LogP contribution in [0.2, 0.25) is 5.02 Å². The first-order valence-corrected chi connectivity index (χ1v) is 8.79. The third kappa shape index (κ3) is 4.35. The molecule has 0 aliphatic carbocycles. The summed E-state index contributed by atoms with van der Waals surface area (Å²) >= 11 is 6.13. The molecule has 3 rings (SSSR count). The molecule has 0 radical (unpaired) electrons. The van der Waals surface area contributed by atoms with E-state index >= 15 is 0 Å². The number of aromatic nitrogens is 1. The molecule has 1 saturated heterocycles. The first kappa shape index (κ1) is 17.8. The van der Waals surface area contributed by atoms with Gasteiger partial charge in [-0.1, -0.05) is 23.7 Å². The van der Waals surface area contributed by atoms with Gasteiger partial charge in [-0.3, -0.25) is 14.7 Å². The predicted molar refractivity (Wildman–Crippen MR) is 96.1 cm³/mol. The highest BCUT2D eigenvalue weighted by atomic mass is 35.5. The van der Waals surface area contributed by atoms with Crippen LogP contribution in [0.5, 0.6) is 0 Å². The molecule has 1 fully saturated rings. The van der Waals surface area contributed by atoms with Gasteiger partial charge in [0.1, 0.15) is 5.82 Å². The topological polar surface area (TPSA) is 45.2 Å². The van der Waals surface area contributed by atoms with Gasteiger partial charge in [0.15, 0.2) is 0 Å². The van der Waals surface area contributed by atoms with Crippen molar-refractivity contribution in [2.24, 2.45) is 0 Å². The summed E-state index contributed by atoms with van der Waals surface area (Å²) in [5.74, 6) is -1.03. The maximum absolute atomic E-state index is 14.0. The van der Waals surface area contributed by atoms with Crippen LogP contribution in [-0.4, -0.2) is 34.9 Å². The second kappa shape index (κ2) is 7.93. The predicted octanol–water partition coefficient (Wildman–Crippen LogP) is 3.58. The highest BCUT2D eigenvalue weighted by Gasteiger charge is 2.24. The van der Waals surface area contributed by atoms with Crippen molar-refractivity contribution in [3.05, 3.63) is 64.2 Å². The van der Waals surface area contributed by atoms with Crippen molar-refractivity contribution in [1.82, 2.24) is 15.2 Å². The highest BCUT2D eigenvalue weighted by Crippen LogP contribution is 2.24. The zero-order chi connectivity index (χ0) is 17.8. The van der Waals surface area contributed by atoms with Gasteiger partial charge in [-0.25, -0.2) is 4.39 Å². The lowest BCUT2D eigenvalue weighted by molar-refractivity contribution is 0.0897. The summed E-state index contributed by atoms with van der Waals surface area (Å²) in [6.07, 6.45) is 5.46. The Bertz CT molecular complexity index is 754. The SMILES string of the molecule is Cc1ccc(F)c(C(=O)N[C@@H]2CCCN(Cc3cccnc3)C2)c1Cl. The maximum atomic E-state index is 14.0. The van der Waals surface area contributed by atoms with Crippen LogP contribution in [-0.2, 0) is 6.54 Å². The van der Waals surface area contributed by atoms with E-state index in [-0.39, 0.29) is 16.6 Å². The Morgan fingerprint density at radius 2 is 2.28 bits per heavy atom. The minimum atomic E-state index is -0.587. The lowest BCUT2D eigenvalue weighted by Crippen LogP contribution is -2.47. The van der Waals surface area contributed by atoms with Crippen LogP contribution < -0.4 is 5.32 Å². The molecule has 2 aromatic rings. The molecule has 4 nitrogen and oxygen atoms in total. The van der Waals surface area contributed by atoms with E-state index in [4.69, 9.17) is 11.6 Å². The van der Waals surface area contributed by atoms with Gasteiger partial charge in [-0.2, -0.15) is 0 Å². The van der Waals surface area contributed by atoms with Crippen molar-refractivity contribution in [2.45, 2.75) is 32.4 Å². The molecule has 0 spiro atoms. The van der Waals surface area contributed by atoms with Gasteiger partial charge in [0.05, 0.1) is 10.6 Å². The van der Waals surface area contributed by atoms with Gasteiger partial charge in [0.2, 0.25) is 0 Å². The smallest absolute Gasteiger partial charge is 0.256 e. The molecule has 1 amide bonds. The fourth-order valence-electron chi connectivity index (χ4n) is 3.19. The minimum absolute atomic E-state index is 0.0195. The van der Waals surface area contributed by atoms with Gasteiger partial charge in [-0.15, -0.1) is 0 Å². The lowest BCUT2D eigenvalue weighted by Gasteiger charge is -2.33. The second-order valence-corrected chi connectivity index (χ2v) is 6.84. The molecule has 0 unspecified atom stereocenters. The van der Waals surface area contributed by atoms with Gasteiger partial charge in [0.25, 0.3) is 5.91 Å². The molecule has 1 atom stereocenters. The Morgan fingerprint density at radius 3 is 3.04 bits per heavy atom. The van der Waals surface area contributed by atoms with Crippen LogP contribution in [0, 0.1) is 12.7 Å². The number of aryl methyl sites for hydroxylation is 1. The zero-order valence-corrected chi connectivity index (χ0v) is 14.9. The van der Waals surface area contributed by atoms with Gasteiger partial charge >= 0.3 is 0 Å². The summed E-state index contributed by atoms with van der Waals surface area (Å²) in [5, 5.41) is 3.12. The van der Waals surface area contributed by atoms with Crippen molar-refractivity contribution in [1.29, 1.82) is 0 Å². The fourth-order valence-corrected chi connectivity index (χ4v) is 3.43. The number of rotatable bonds is 4. The van der Waals surface area contributed by atoms with Gasteiger partial charge in [0, 0.05) is 31.5 Å². The molecule has 6 heteroatoms. The summed E-state index contributed by atoms with van der Waals surface area (Å²) in [5.41, 5.74) is 1.77. The van der Waals surface area contributed by atoms with Crippen LogP contribution in [0.15, 0.2) is 36.7 Å². The number of nitrogens with one attached hydrogen (secondary N) is 1. The number of likely N-dealkylation sites (tertiary alicyclic amines) is 1. The lowest BCUT2D eigenvalue weighted by atomic mass is 10.0. The van der Waals surface area contributed by atoms with Crippen LogP contribution >= 0.6 is 11.6 Å². The monoisotopic (exact) mass is 361 g/mol. The van der Waals surface area contributed by atoms with E-state index in [2.05, 4.69) is 15.2 Å². The number of amides is 1. The molecule has 25 heavy (non-hydrogen) atoms. The van der Waals surface area contributed by atoms with E-state index in [1.807, 2.05) is 18.3 Å². The summed E-state index contributed by atoms with van der Waals surface area (Å²) in [6.45, 7) is 4.25. The van der Waals surface area contributed by atoms with Crippen LogP contribution in [0.3, 0.4) is 0 Å². The van der Waals surface area contributed by atoms with Crippen LogP contribution in [0.4, 0.5) is 4.39 Å². The highest BCUT2D eigenvalue weighted by molar-refractivity contribution is 6.34. The molecule has 1 N–H and O–H groups in total. The standard InChI is InChI=1S/C19H21ClFN3O/c1-13-6-7-16(21)17(18(13)20)19(25)23-15-5-3-9-24(12-15)11-14-4-2-8-22-10-14/h2,4,6-8,10,15H,3,5,9,11-12H2,1H3,(H,23,25)/t15-/m1/s1. The average molecular weight is 362 g/mol. The number of hydrogen-bond acceptors (Lipinski definition) is 3. The molecule has 1 aromatic heterocycles. The molecule has 1 aliphatic heterocycles. The molecule has 0 saturated carbocycles. The molecule has 1 aliphatic rings. The minimum Gasteiger partial charge on any atom is -0.348 e. The number of nitrogens with zero attached hydrogens (tertiary/aromatic N) is 2. The summed E-state index contributed by atoms with van der Waals surface area (Å²) in [4.78, 5) is 18.9. The maximum Gasteiger partial charge on any atom is 0.256 e. The van der Waals surface area contributed by atoms with Crippen molar-refractivity contribution in [3.8, 4) is 0 Å². The van der Waals surface area contributed by atoms with Crippen molar-refractivity contribution < 1.29 is 9.18 Å². The van der Waals surface area contributed by atoms with E-state index in [1.54, 1.807) is 19.2 Å². The second-order valence-electron chi connectivity index (χ2n) is 6.46. The summed E-state index contributed by atoms with van der Waals surface area (Å²) in [6, 6.07) is 6.79. The number of halogens is 2. The summed E-state index contributed by atoms with van der Waals surface area (Å²) < 4.78 is 14.0. The number of carbonyl (C=O) groups is 1. The van der Waals surface area contributed by atoms with E-state index in [0.29, 0.717) is 5.56 Å². The third-order valence-corrected chi connectivity index (χ3v) is 4.97. The summed E-state index contributed by atoms with van der Waals surface area (Å²) in [7, 11) is 0. The molecule has 0 bridgehead atoms. The Hall–Kier alpha value is -1.98. The molecule has 132 valence electrons. The quantitative estimate of drug-likeness (QED) is 0.905. The Balaban J connectivity index is 1.65. The number of carbonyl (C=O) groups excluding carboxylic acids is 1. The van der Waals surface area contributed by atoms with Gasteiger partial charge in [-0.05, 0) is 49.6 Å². The zero-order valence-electron chi connectivity index (χ0n) is 14.1. The van der Waals surface area contributed by atoms with Crippen LogP contribution in [0.1, 0.15) is 34.3 Å². The normalized spacial score (nSPS) is 18.1. The Labute approximate surface area is 152 Å². The molecular weight excluding hydrogens is 341 g/mol. The van der Waals surface area contributed by atoms with E-state index < -0.39 is 11.7 Å². The number of hydrogen-bond donors (Lipinski definition) is 1. The van der Waals surface area contributed by atoms with Crippen molar-refractivity contribution in [3.63, 3.8) is 0 Å². The first-order valence-electron chi connectivity index (χ1n) is 8.41. The molecule has 1 aromatic carbocycles. The van der Waals surface area contributed by atoms with E-state index in [0.717, 1.165) is 38.0 Å². The first-order chi connectivity index (χ1) is 12.0. The Kier molecular flexibility index (Phi) is 5.66. The van der Waals surface area contributed by atoms with Crippen LogP contribution in [0.25, 0.3) is 0 Å². The van der Waals surface area contributed by atoms with Crippen molar-refractivity contribution >= 4 is 17.5 Å². The van der Waals surface area contributed by atoms with Crippen molar-refractivity contribution in [2.75, 3.05) is 13.1 Å². The van der Waals surface area contributed by atoms with Gasteiger partial charge < -0.3 is 5.32 Å². The Morgan fingerprint density at radius 1 is 1.44 bits per heavy atom. The number of benzene rings is 1. The van der Waals surface area contributed by atoms with E-state index in [1.165, 1.54) is 6.07 Å². The largest absolute Gasteiger partial charge is 0.348 e. The average Bonchev–Trinajstić information content (AvgIpc) is 2.60. The number of pyridine rings is 1. The number of piperidine rings is 1. The molecular formula is C19H21ClFN3O.